The van der Waals surface area contributed by atoms with Gasteiger partial charge in [-0.1, -0.05) is 18.2 Å². The summed E-state index contributed by atoms with van der Waals surface area (Å²) in [6.07, 6.45) is 2.55. The predicted octanol–water partition coefficient (Wildman–Crippen LogP) is 2.14. The topological polar surface area (TPSA) is 34.9 Å². The molecule has 0 saturated heterocycles. The van der Waals surface area contributed by atoms with E-state index in [2.05, 4.69) is 12.8 Å². The summed E-state index contributed by atoms with van der Waals surface area (Å²) in [6, 6.07) is 11.9. The van der Waals surface area contributed by atoms with Gasteiger partial charge in [-0.25, -0.2) is 0 Å². The van der Waals surface area contributed by atoms with E-state index < -0.39 is 0 Å². The Hall–Kier alpha value is -2.36. The third-order valence-corrected chi connectivity index (χ3v) is 3.91. The molecule has 0 atom stereocenters. The largest absolute Gasteiger partial charge is 0.281 e. The first kappa shape index (κ1) is 13.6. The lowest BCUT2D eigenvalue weighted by molar-refractivity contribution is 0.925. The molecule has 0 amide bonds. The highest BCUT2D eigenvalue weighted by Gasteiger charge is 2.13. The van der Waals surface area contributed by atoms with Gasteiger partial charge in [-0.15, -0.1) is 0 Å². The summed E-state index contributed by atoms with van der Waals surface area (Å²) in [5.74, 6) is 0. The lowest BCUT2D eigenvalue weighted by Gasteiger charge is -2.16. The Morgan fingerprint density at radius 1 is 1.14 bits per heavy atom. The van der Waals surface area contributed by atoms with Crippen molar-refractivity contribution in [1.29, 1.82) is 0 Å². The molecule has 3 aromatic rings. The number of fused-ring (bicyclic) bond motifs is 1. The quantitative estimate of drug-likeness (QED) is 0.672. The number of para-hydroxylation sites is 1. The van der Waals surface area contributed by atoms with Crippen molar-refractivity contribution in [3.63, 3.8) is 0 Å². The lowest BCUT2D eigenvalue weighted by Crippen LogP contribution is -2.24. The molecule has 104 valence electrons. The van der Waals surface area contributed by atoms with Gasteiger partial charge in [-0.05, 0) is 49.5 Å². The zero-order valence-electron chi connectivity index (χ0n) is 12.6. The Bertz CT molecular complexity index is 884. The van der Waals surface area contributed by atoms with Crippen molar-refractivity contribution in [2.45, 2.75) is 20.2 Å². The van der Waals surface area contributed by atoms with Gasteiger partial charge in [-0.3, -0.25) is 14.3 Å². The molecule has 2 heterocycles. The highest BCUT2D eigenvalue weighted by molar-refractivity contribution is 6.08. The molecule has 3 nitrogen and oxygen atoms in total. The molecule has 0 aliphatic carbocycles. The first-order chi connectivity index (χ1) is 10.1. The van der Waals surface area contributed by atoms with E-state index in [1.807, 2.05) is 54.8 Å². The molecule has 0 fully saturated rings. The van der Waals surface area contributed by atoms with E-state index in [0.717, 1.165) is 34.3 Å². The smallest absolute Gasteiger partial charge is 0.265 e. The normalized spacial score (nSPS) is 11.0. The van der Waals surface area contributed by atoms with E-state index in [1.54, 1.807) is 6.20 Å². The van der Waals surface area contributed by atoms with Gasteiger partial charge in [0, 0.05) is 11.9 Å². The first-order valence-electron chi connectivity index (χ1n) is 7.19. The molecule has 0 N–H and O–H groups in total. The van der Waals surface area contributed by atoms with Gasteiger partial charge in [0.15, 0.2) is 0 Å². The van der Waals surface area contributed by atoms with E-state index in [-0.39, 0.29) is 5.56 Å². The average molecular weight is 276 g/mol. The van der Waals surface area contributed by atoms with Crippen LogP contribution >= 0.6 is 0 Å². The fraction of sp³-hybridized carbons (Fsp3) is 0.176. The van der Waals surface area contributed by atoms with Crippen LogP contribution in [0.25, 0.3) is 16.6 Å². The van der Waals surface area contributed by atoms with Gasteiger partial charge in [0.1, 0.15) is 7.85 Å². The van der Waals surface area contributed by atoms with Crippen molar-refractivity contribution in [1.82, 2.24) is 9.55 Å². The number of hydrogen-bond donors (Lipinski definition) is 0. The summed E-state index contributed by atoms with van der Waals surface area (Å²) in [7, 11) is 2.06. The van der Waals surface area contributed by atoms with Crippen molar-refractivity contribution in [3.05, 3.63) is 69.8 Å². The fourth-order valence-electron chi connectivity index (χ4n) is 2.77. The maximum absolute atomic E-state index is 13.0. The Morgan fingerprint density at radius 3 is 2.62 bits per heavy atom. The molecule has 0 unspecified atom stereocenters. The summed E-state index contributed by atoms with van der Waals surface area (Å²) in [5, 5.41) is 0.706. The van der Waals surface area contributed by atoms with Crippen LogP contribution in [0.15, 0.2) is 47.4 Å². The van der Waals surface area contributed by atoms with Crippen LogP contribution in [-0.2, 0) is 6.32 Å². The fourth-order valence-corrected chi connectivity index (χ4v) is 2.77. The minimum absolute atomic E-state index is 0.0178. The molecule has 21 heavy (non-hydrogen) atoms. The van der Waals surface area contributed by atoms with Crippen LogP contribution in [0.1, 0.15) is 16.8 Å². The maximum atomic E-state index is 13.0. The van der Waals surface area contributed by atoms with Crippen LogP contribution in [0.2, 0.25) is 0 Å². The molecule has 2 aromatic heterocycles. The molecule has 3 rings (SSSR count). The number of rotatable bonds is 2. The van der Waals surface area contributed by atoms with Crippen molar-refractivity contribution in [2.75, 3.05) is 0 Å². The van der Waals surface area contributed by atoms with E-state index in [1.165, 1.54) is 0 Å². The zero-order valence-corrected chi connectivity index (χ0v) is 12.6. The number of hydrogen-bond acceptors (Lipinski definition) is 2. The first-order valence-corrected chi connectivity index (χ1v) is 7.19. The second kappa shape index (κ2) is 5.21. The summed E-state index contributed by atoms with van der Waals surface area (Å²) in [5.41, 5.74) is 4.79. The second-order valence-electron chi connectivity index (χ2n) is 5.30. The van der Waals surface area contributed by atoms with Crippen LogP contribution < -0.4 is 5.56 Å². The summed E-state index contributed by atoms with van der Waals surface area (Å²) in [6.45, 7) is 3.99. The number of aromatic nitrogens is 2. The van der Waals surface area contributed by atoms with Crippen LogP contribution in [0.4, 0.5) is 0 Å². The molecule has 0 saturated carbocycles. The minimum Gasteiger partial charge on any atom is -0.281 e. The van der Waals surface area contributed by atoms with Crippen LogP contribution in [0.3, 0.4) is 0 Å². The van der Waals surface area contributed by atoms with E-state index >= 15 is 0 Å². The summed E-state index contributed by atoms with van der Waals surface area (Å²) in [4.78, 5) is 17.4. The molecule has 4 heteroatoms. The molecule has 0 bridgehead atoms. The maximum Gasteiger partial charge on any atom is 0.265 e. The predicted molar refractivity (Wildman–Crippen MR) is 89.1 cm³/mol. The van der Waals surface area contributed by atoms with Gasteiger partial charge < -0.3 is 0 Å². The molecule has 0 aliphatic heterocycles. The summed E-state index contributed by atoms with van der Waals surface area (Å²) >= 11 is 0. The molecular formula is C17H17BN2O. The van der Waals surface area contributed by atoms with Crippen LogP contribution in [0.5, 0.6) is 0 Å². The minimum atomic E-state index is 0.0178. The monoisotopic (exact) mass is 276 g/mol. The van der Waals surface area contributed by atoms with Gasteiger partial charge in [0.05, 0.1) is 16.6 Å². The SMILES string of the molecule is BCc1cc2nccc(C)c2c(=O)n1-c1ccccc1C. The Kier molecular flexibility index (Phi) is 3.38. The van der Waals surface area contributed by atoms with Gasteiger partial charge in [0.2, 0.25) is 0 Å². The van der Waals surface area contributed by atoms with Gasteiger partial charge in [0.25, 0.3) is 5.56 Å². The Balaban J connectivity index is 2.48. The van der Waals surface area contributed by atoms with Gasteiger partial charge >= 0.3 is 0 Å². The molecule has 0 aliphatic rings. The number of aryl methyl sites for hydroxylation is 2. The Morgan fingerprint density at radius 2 is 1.90 bits per heavy atom. The third kappa shape index (κ3) is 2.17. The lowest BCUT2D eigenvalue weighted by atomic mass is 9.99. The van der Waals surface area contributed by atoms with Crippen LogP contribution in [-0.4, -0.2) is 17.4 Å². The molecule has 0 radical (unpaired) electrons. The van der Waals surface area contributed by atoms with E-state index in [0.29, 0.717) is 5.39 Å². The van der Waals surface area contributed by atoms with E-state index in [9.17, 15) is 4.79 Å². The second-order valence-corrected chi connectivity index (χ2v) is 5.30. The van der Waals surface area contributed by atoms with E-state index in [4.69, 9.17) is 0 Å². The average Bonchev–Trinajstić information content (AvgIpc) is 2.48. The zero-order chi connectivity index (χ0) is 15.0. The van der Waals surface area contributed by atoms with Crippen molar-refractivity contribution < 1.29 is 0 Å². The van der Waals surface area contributed by atoms with Crippen molar-refractivity contribution in [3.8, 4) is 5.69 Å². The molecular weight excluding hydrogens is 259 g/mol. The van der Waals surface area contributed by atoms with Crippen molar-refractivity contribution in [2.24, 2.45) is 0 Å². The highest BCUT2D eigenvalue weighted by atomic mass is 16.1. The van der Waals surface area contributed by atoms with Crippen LogP contribution in [0, 0.1) is 13.8 Å². The van der Waals surface area contributed by atoms with Gasteiger partial charge in [-0.2, -0.15) is 0 Å². The standard InChI is InChI=1S/C17H17BN2O/c1-11-5-3-4-6-15(11)20-13(10-18)9-14-16(17(20)21)12(2)7-8-19-14/h3-9H,10,18H2,1-2H3. The highest BCUT2D eigenvalue weighted by Crippen LogP contribution is 2.19. The van der Waals surface area contributed by atoms with Crippen molar-refractivity contribution >= 4 is 18.7 Å². The summed E-state index contributed by atoms with van der Waals surface area (Å²) < 4.78 is 1.83. The number of benzene rings is 1. The molecule has 0 spiro atoms. The number of nitrogens with zero attached hydrogens (tertiary/aromatic N) is 2. The third-order valence-electron chi connectivity index (χ3n) is 3.91. The Labute approximate surface area is 124 Å². The number of pyridine rings is 2. The molecule has 1 aromatic carbocycles.